The number of nitrogens with zero attached hydrogens (tertiary/aromatic N) is 3. The van der Waals surface area contributed by atoms with Crippen LogP contribution in [0.2, 0.25) is 0 Å². The first kappa shape index (κ1) is 20.6. The van der Waals surface area contributed by atoms with Gasteiger partial charge in [0, 0.05) is 29.9 Å². The fraction of sp³-hybridized carbons (Fsp3) is 0.208. The minimum atomic E-state index is -0.676. The number of hydrogen-bond donors (Lipinski definition) is 2. The van der Waals surface area contributed by atoms with Crippen molar-refractivity contribution >= 4 is 29.3 Å². The lowest BCUT2D eigenvalue weighted by atomic mass is 10.0. The summed E-state index contributed by atoms with van der Waals surface area (Å²) in [5.74, 6) is -1.39. The number of hydrogen-bond acceptors (Lipinski definition) is 5. The van der Waals surface area contributed by atoms with Crippen LogP contribution in [0.25, 0.3) is 5.69 Å². The maximum absolute atomic E-state index is 12.9. The zero-order chi connectivity index (χ0) is 23.1. The minimum absolute atomic E-state index is 0.201. The summed E-state index contributed by atoms with van der Waals surface area (Å²) < 4.78 is 1.84. The number of rotatable bonds is 4. The minimum Gasteiger partial charge on any atom is -0.322 e. The van der Waals surface area contributed by atoms with Gasteiger partial charge < -0.3 is 14.8 Å². The van der Waals surface area contributed by atoms with Crippen LogP contribution in [-0.4, -0.2) is 44.1 Å². The number of aromatic nitrogens is 2. The topological polar surface area (TPSA) is 113 Å². The third-order valence-electron chi connectivity index (χ3n) is 6.04. The number of carbonyl (C=O) groups is 4. The van der Waals surface area contributed by atoms with Gasteiger partial charge >= 0.3 is 0 Å². The van der Waals surface area contributed by atoms with E-state index in [1.807, 2.05) is 41.8 Å². The van der Waals surface area contributed by atoms with Crippen molar-refractivity contribution < 1.29 is 19.2 Å². The van der Waals surface area contributed by atoms with Crippen molar-refractivity contribution in [2.45, 2.75) is 32.4 Å². The number of anilines is 1. The lowest BCUT2D eigenvalue weighted by Gasteiger charge is -2.29. The summed E-state index contributed by atoms with van der Waals surface area (Å²) in [6.07, 6.45) is 2.11. The average Bonchev–Trinajstić information content (AvgIpc) is 3.34. The highest BCUT2D eigenvalue weighted by atomic mass is 16.2. The molecule has 0 aliphatic carbocycles. The molecule has 2 aliphatic rings. The van der Waals surface area contributed by atoms with Gasteiger partial charge in [-0.2, -0.15) is 0 Å². The molecule has 1 aromatic heterocycles. The third-order valence-corrected chi connectivity index (χ3v) is 6.04. The standard InChI is InChI=1S/C24H21N5O4/c1-14-21(25-13-29(14)17-5-3-2-4-6-17)23(32)26-16-7-8-18-15(11-16)12-28(24(18)33)19-9-10-20(30)27-22(19)31/h2-8,11,13,19H,9-10,12H2,1H3,(H,26,32)(H,27,30,31). The van der Waals surface area contributed by atoms with E-state index in [0.29, 0.717) is 34.6 Å². The van der Waals surface area contributed by atoms with Gasteiger partial charge in [0.15, 0.2) is 0 Å². The van der Waals surface area contributed by atoms with Crippen LogP contribution in [0.1, 0.15) is 44.9 Å². The molecule has 0 radical (unpaired) electrons. The Kier molecular flexibility index (Phi) is 5.01. The van der Waals surface area contributed by atoms with E-state index in [-0.39, 0.29) is 30.7 Å². The first-order valence-electron chi connectivity index (χ1n) is 10.6. The molecule has 0 spiro atoms. The molecule has 166 valence electrons. The number of benzene rings is 2. The fourth-order valence-electron chi connectivity index (χ4n) is 4.32. The number of imidazole rings is 1. The quantitative estimate of drug-likeness (QED) is 0.600. The Balaban J connectivity index is 1.33. The van der Waals surface area contributed by atoms with Gasteiger partial charge in [-0.1, -0.05) is 18.2 Å². The maximum atomic E-state index is 12.9. The van der Waals surface area contributed by atoms with Crippen LogP contribution in [-0.2, 0) is 16.1 Å². The number of nitrogens with one attached hydrogen (secondary N) is 2. The Bertz CT molecular complexity index is 1300. The molecule has 3 aromatic rings. The van der Waals surface area contributed by atoms with Gasteiger partial charge in [0.1, 0.15) is 18.1 Å². The SMILES string of the molecule is Cc1c(C(=O)Nc2ccc3c(c2)CN(C2CCC(=O)NC2=O)C3=O)ncn1-c1ccccc1. The Morgan fingerprint density at radius 2 is 1.91 bits per heavy atom. The number of imide groups is 1. The Labute approximate surface area is 189 Å². The van der Waals surface area contributed by atoms with Gasteiger partial charge in [-0.05, 0) is 49.2 Å². The highest BCUT2D eigenvalue weighted by molar-refractivity contribution is 6.07. The predicted molar refractivity (Wildman–Crippen MR) is 119 cm³/mol. The van der Waals surface area contributed by atoms with E-state index >= 15 is 0 Å². The first-order valence-corrected chi connectivity index (χ1v) is 10.6. The second-order valence-electron chi connectivity index (χ2n) is 8.11. The van der Waals surface area contributed by atoms with Gasteiger partial charge in [-0.25, -0.2) is 4.98 Å². The molecule has 1 saturated heterocycles. The van der Waals surface area contributed by atoms with E-state index in [9.17, 15) is 19.2 Å². The molecular formula is C24H21N5O4. The number of carbonyl (C=O) groups excluding carboxylic acids is 4. The van der Waals surface area contributed by atoms with Crippen molar-refractivity contribution in [2.75, 3.05) is 5.32 Å². The van der Waals surface area contributed by atoms with Crippen LogP contribution in [0.3, 0.4) is 0 Å². The highest BCUT2D eigenvalue weighted by Gasteiger charge is 2.39. The van der Waals surface area contributed by atoms with Gasteiger partial charge in [0.25, 0.3) is 11.8 Å². The van der Waals surface area contributed by atoms with E-state index < -0.39 is 11.9 Å². The zero-order valence-corrected chi connectivity index (χ0v) is 17.9. The molecule has 9 nitrogen and oxygen atoms in total. The van der Waals surface area contributed by atoms with Gasteiger partial charge in [-0.15, -0.1) is 0 Å². The molecule has 2 aromatic carbocycles. The van der Waals surface area contributed by atoms with Crippen molar-refractivity contribution in [2.24, 2.45) is 0 Å². The van der Waals surface area contributed by atoms with E-state index in [1.165, 1.54) is 4.90 Å². The Morgan fingerprint density at radius 3 is 2.67 bits per heavy atom. The Hall–Kier alpha value is -4.27. The summed E-state index contributed by atoms with van der Waals surface area (Å²) in [5, 5.41) is 5.14. The summed E-state index contributed by atoms with van der Waals surface area (Å²) in [7, 11) is 0. The molecular weight excluding hydrogens is 422 g/mol. The zero-order valence-electron chi connectivity index (χ0n) is 17.9. The molecule has 1 unspecified atom stereocenters. The highest BCUT2D eigenvalue weighted by Crippen LogP contribution is 2.29. The molecule has 3 heterocycles. The van der Waals surface area contributed by atoms with Gasteiger partial charge in [0.05, 0.1) is 5.69 Å². The molecule has 33 heavy (non-hydrogen) atoms. The molecule has 0 saturated carbocycles. The summed E-state index contributed by atoms with van der Waals surface area (Å²) in [5.41, 5.74) is 3.66. The summed E-state index contributed by atoms with van der Waals surface area (Å²) in [6.45, 7) is 2.07. The second-order valence-corrected chi connectivity index (χ2v) is 8.11. The smallest absolute Gasteiger partial charge is 0.276 e. The molecule has 9 heteroatoms. The van der Waals surface area contributed by atoms with Crippen molar-refractivity contribution in [3.63, 3.8) is 0 Å². The van der Waals surface area contributed by atoms with Crippen LogP contribution in [0, 0.1) is 6.92 Å². The fourth-order valence-corrected chi connectivity index (χ4v) is 4.32. The van der Waals surface area contributed by atoms with Crippen LogP contribution in [0.15, 0.2) is 54.9 Å². The molecule has 5 rings (SSSR count). The van der Waals surface area contributed by atoms with Crippen molar-refractivity contribution in [1.82, 2.24) is 19.8 Å². The van der Waals surface area contributed by atoms with E-state index in [2.05, 4.69) is 15.6 Å². The largest absolute Gasteiger partial charge is 0.322 e. The lowest BCUT2D eigenvalue weighted by Crippen LogP contribution is -2.52. The number of fused-ring (bicyclic) bond motifs is 1. The molecule has 4 amide bonds. The van der Waals surface area contributed by atoms with E-state index in [4.69, 9.17) is 0 Å². The van der Waals surface area contributed by atoms with E-state index in [1.54, 1.807) is 24.5 Å². The number of piperidine rings is 1. The van der Waals surface area contributed by atoms with Crippen LogP contribution in [0.4, 0.5) is 5.69 Å². The predicted octanol–water partition coefficient (Wildman–Crippen LogP) is 2.19. The summed E-state index contributed by atoms with van der Waals surface area (Å²) in [6, 6.07) is 14.0. The molecule has 1 atom stereocenters. The Morgan fingerprint density at radius 1 is 1.12 bits per heavy atom. The van der Waals surface area contributed by atoms with Crippen LogP contribution < -0.4 is 10.6 Å². The van der Waals surface area contributed by atoms with Gasteiger partial charge in [-0.3, -0.25) is 24.5 Å². The van der Waals surface area contributed by atoms with Crippen molar-refractivity contribution in [1.29, 1.82) is 0 Å². The third kappa shape index (κ3) is 3.67. The molecule has 0 bridgehead atoms. The molecule has 2 aliphatic heterocycles. The first-order chi connectivity index (χ1) is 15.9. The maximum Gasteiger partial charge on any atom is 0.276 e. The van der Waals surface area contributed by atoms with Crippen LogP contribution in [0.5, 0.6) is 0 Å². The second kappa shape index (κ2) is 8.01. The van der Waals surface area contributed by atoms with E-state index in [0.717, 1.165) is 5.69 Å². The molecule has 1 fully saturated rings. The van der Waals surface area contributed by atoms with Gasteiger partial charge in [0.2, 0.25) is 11.8 Å². The van der Waals surface area contributed by atoms with Crippen molar-refractivity contribution in [3.05, 3.63) is 77.4 Å². The van der Waals surface area contributed by atoms with Crippen LogP contribution >= 0.6 is 0 Å². The van der Waals surface area contributed by atoms with Crippen molar-refractivity contribution in [3.8, 4) is 5.69 Å². The number of amides is 4. The summed E-state index contributed by atoms with van der Waals surface area (Å²) >= 11 is 0. The molecule has 2 N–H and O–H groups in total. The normalized spacial score (nSPS) is 17.7. The monoisotopic (exact) mass is 443 g/mol. The summed E-state index contributed by atoms with van der Waals surface area (Å²) in [4.78, 5) is 55.1. The lowest BCUT2D eigenvalue weighted by molar-refractivity contribution is -0.136. The average molecular weight is 443 g/mol. The number of para-hydroxylation sites is 1.